The first-order chi connectivity index (χ1) is 13.0. The maximum Gasteiger partial charge on any atom is 0.344 e. The van der Waals surface area contributed by atoms with Gasteiger partial charge in [-0.3, -0.25) is 0 Å². The lowest BCUT2D eigenvalue weighted by Gasteiger charge is -2.26. The summed E-state index contributed by atoms with van der Waals surface area (Å²) in [5.74, 6) is 0.354. The van der Waals surface area contributed by atoms with Crippen molar-refractivity contribution in [3.63, 3.8) is 0 Å². The Morgan fingerprint density at radius 2 is 2.00 bits per heavy atom. The molecule has 0 saturated carbocycles. The number of methoxy groups -OCH3 is 1. The quantitative estimate of drug-likeness (QED) is 0.704. The van der Waals surface area contributed by atoms with Gasteiger partial charge in [-0.1, -0.05) is 24.3 Å². The van der Waals surface area contributed by atoms with Crippen molar-refractivity contribution in [2.24, 2.45) is 5.73 Å². The van der Waals surface area contributed by atoms with Gasteiger partial charge in [0.1, 0.15) is 23.0 Å². The van der Waals surface area contributed by atoms with Crippen LogP contribution in [0.2, 0.25) is 0 Å². The molecule has 27 heavy (non-hydrogen) atoms. The Labute approximate surface area is 155 Å². The van der Waals surface area contributed by atoms with Crippen LogP contribution in [0, 0.1) is 18.3 Å². The molecule has 3 aromatic rings. The minimum absolute atomic E-state index is 0.0146. The highest BCUT2D eigenvalue weighted by atomic mass is 16.5. The van der Waals surface area contributed by atoms with Gasteiger partial charge in [-0.05, 0) is 36.2 Å². The summed E-state index contributed by atoms with van der Waals surface area (Å²) < 4.78 is 16.5. The highest BCUT2D eigenvalue weighted by Gasteiger charge is 2.35. The first-order valence-electron chi connectivity index (χ1n) is 8.33. The normalized spacial score (nSPS) is 15.8. The number of aryl methyl sites for hydroxylation is 1. The fourth-order valence-corrected chi connectivity index (χ4v) is 3.48. The lowest BCUT2D eigenvalue weighted by atomic mass is 9.83. The fraction of sp³-hybridized carbons (Fsp3) is 0.143. The molecular formula is C21H16N2O4. The van der Waals surface area contributed by atoms with Crippen LogP contribution in [0.25, 0.3) is 11.0 Å². The Balaban J connectivity index is 2.05. The number of fused-ring (bicyclic) bond motifs is 3. The largest absolute Gasteiger partial charge is 0.496 e. The molecule has 0 bridgehead atoms. The van der Waals surface area contributed by atoms with Crippen LogP contribution in [0.1, 0.15) is 22.6 Å². The monoisotopic (exact) mass is 360 g/mol. The Kier molecular flexibility index (Phi) is 3.85. The molecule has 0 saturated heterocycles. The zero-order chi connectivity index (χ0) is 19.1. The topological polar surface area (TPSA) is 98.5 Å². The molecule has 4 rings (SSSR count). The third kappa shape index (κ3) is 2.52. The first-order valence-corrected chi connectivity index (χ1v) is 8.33. The number of nitriles is 1. The molecule has 2 aromatic carbocycles. The van der Waals surface area contributed by atoms with E-state index in [-0.39, 0.29) is 17.0 Å². The summed E-state index contributed by atoms with van der Waals surface area (Å²) in [6.07, 6.45) is 0. The molecule has 0 radical (unpaired) electrons. The van der Waals surface area contributed by atoms with Gasteiger partial charge in [0.25, 0.3) is 0 Å². The molecule has 0 aliphatic carbocycles. The summed E-state index contributed by atoms with van der Waals surface area (Å²) in [4.78, 5) is 12.8. The van der Waals surface area contributed by atoms with E-state index in [2.05, 4.69) is 6.07 Å². The number of benzene rings is 2. The van der Waals surface area contributed by atoms with Gasteiger partial charge in [-0.25, -0.2) is 4.79 Å². The van der Waals surface area contributed by atoms with Crippen LogP contribution < -0.4 is 20.8 Å². The SMILES string of the molecule is COc1ccc(C2C(C#N)=C(N)Oc3c2c(=O)oc2ccccc32)cc1C. The highest BCUT2D eigenvalue weighted by Crippen LogP contribution is 2.43. The zero-order valence-corrected chi connectivity index (χ0v) is 14.8. The highest BCUT2D eigenvalue weighted by molar-refractivity contribution is 5.86. The number of nitrogens with zero attached hydrogens (tertiary/aromatic N) is 1. The van der Waals surface area contributed by atoms with E-state index in [1.54, 1.807) is 31.4 Å². The van der Waals surface area contributed by atoms with Gasteiger partial charge in [0.2, 0.25) is 5.88 Å². The molecule has 0 spiro atoms. The van der Waals surface area contributed by atoms with E-state index in [0.717, 1.165) is 11.1 Å². The second kappa shape index (κ2) is 6.22. The van der Waals surface area contributed by atoms with Crippen molar-refractivity contribution in [1.29, 1.82) is 5.26 Å². The molecule has 0 amide bonds. The lowest BCUT2D eigenvalue weighted by molar-refractivity contribution is 0.388. The summed E-state index contributed by atoms with van der Waals surface area (Å²) in [5, 5.41) is 10.3. The second-order valence-corrected chi connectivity index (χ2v) is 6.28. The number of ether oxygens (including phenoxy) is 2. The first kappa shape index (κ1) is 16.7. The Morgan fingerprint density at radius 3 is 2.70 bits per heavy atom. The zero-order valence-electron chi connectivity index (χ0n) is 14.8. The molecule has 2 heterocycles. The number of hydrogen-bond acceptors (Lipinski definition) is 6. The van der Waals surface area contributed by atoms with Crippen LogP contribution in [0.3, 0.4) is 0 Å². The molecule has 6 nitrogen and oxygen atoms in total. The smallest absolute Gasteiger partial charge is 0.344 e. The van der Waals surface area contributed by atoms with E-state index in [9.17, 15) is 10.1 Å². The fourth-order valence-electron chi connectivity index (χ4n) is 3.48. The average Bonchev–Trinajstić information content (AvgIpc) is 2.67. The summed E-state index contributed by atoms with van der Waals surface area (Å²) in [6, 6.07) is 14.6. The molecule has 1 atom stereocenters. The molecule has 0 fully saturated rings. The van der Waals surface area contributed by atoms with Gasteiger partial charge in [0.15, 0.2) is 5.75 Å². The molecule has 1 aliphatic rings. The molecule has 1 aliphatic heterocycles. The Morgan fingerprint density at radius 1 is 1.22 bits per heavy atom. The van der Waals surface area contributed by atoms with Crippen molar-refractivity contribution >= 4 is 11.0 Å². The molecule has 1 unspecified atom stereocenters. The van der Waals surface area contributed by atoms with Crippen molar-refractivity contribution in [3.05, 3.63) is 81.0 Å². The molecule has 1 aromatic heterocycles. The van der Waals surface area contributed by atoms with Crippen molar-refractivity contribution in [1.82, 2.24) is 0 Å². The van der Waals surface area contributed by atoms with Crippen LogP contribution in [-0.4, -0.2) is 7.11 Å². The average molecular weight is 360 g/mol. The van der Waals surface area contributed by atoms with Crippen molar-refractivity contribution in [2.45, 2.75) is 12.8 Å². The predicted octanol–water partition coefficient (Wildman–Crippen LogP) is 3.33. The number of hydrogen-bond donors (Lipinski definition) is 1. The van der Waals surface area contributed by atoms with Crippen LogP contribution in [0.5, 0.6) is 11.5 Å². The Bertz CT molecular complexity index is 1200. The summed E-state index contributed by atoms with van der Waals surface area (Å²) in [6.45, 7) is 1.89. The third-order valence-corrected chi connectivity index (χ3v) is 4.73. The number of rotatable bonds is 2. The van der Waals surface area contributed by atoms with E-state index in [4.69, 9.17) is 19.6 Å². The summed E-state index contributed by atoms with van der Waals surface area (Å²) >= 11 is 0. The summed E-state index contributed by atoms with van der Waals surface area (Å²) in [7, 11) is 1.59. The van der Waals surface area contributed by atoms with E-state index in [1.807, 2.05) is 25.1 Å². The Hall–Kier alpha value is -3.72. The molecular weight excluding hydrogens is 344 g/mol. The minimum Gasteiger partial charge on any atom is -0.496 e. The van der Waals surface area contributed by atoms with Crippen molar-refractivity contribution in [2.75, 3.05) is 7.11 Å². The van der Waals surface area contributed by atoms with Crippen LogP contribution in [-0.2, 0) is 0 Å². The van der Waals surface area contributed by atoms with E-state index in [1.165, 1.54) is 0 Å². The van der Waals surface area contributed by atoms with E-state index in [0.29, 0.717) is 22.5 Å². The van der Waals surface area contributed by atoms with Crippen molar-refractivity contribution in [3.8, 4) is 17.6 Å². The van der Waals surface area contributed by atoms with Crippen LogP contribution in [0.4, 0.5) is 0 Å². The lowest BCUT2D eigenvalue weighted by Crippen LogP contribution is -2.26. The van der Waals surface area contributed by atoms with E-state index < -0.39 is 11.5 Å². The maximum absolute atomic E-state index is 12.8. The maximum atomic E-state index is 12.8. The van der Waals surface area contributed by atoms with Crippen LogP contribution in [0.15, 0.2) is 63.1 Å². The standard InChI is InChI=1S/C21H16N2O4/c1-11-9-12(7-8-15(11)25-2)17-14(10-22)20(23)27-19-13-5-3-4-6-16(13)26-21(24)18(17)19/h3-9,17H,23H2,1-2H3. The number of para-hydroxylation sites is 1. The molecule has 2 N–H and O–H groups in total. The second-order valence-electron chi connectivity index (χ2n) is 6.28. The van der Waals surface area contributed by atoms with E-state index >= 15 is 0 Å². The third-order valence-electron chi connectivity index (χ3n) is 4.73. The van der Waals surface area contributed by atoms with Gasteiger partial charge in [-0.2, -0.15) is 5.26 Å². The van der Waals surface area contributed by atoms with Gasteiger partial charge in [0.05, 0.1) is 24.0 Å². The minimum atomic E-state index is -0.677. The predicted molar refractivity (Wildman–Crippen MR) is 99.5 cm³/mol. The number of nitrogens with two attached hydrogens (primary N) is 1. The summed E-state index contributed by atoms with van der Waals surface area (Å²) in [5.41, 5.74) is 7.95. The number of allylic oxidation sites excluding steroid dienone is 1. The molecule has 134 valence electrons. The van der Waals surface area contributed by atoms with Gasteiger partial charge < -0.3 is 19.6 Å². The van der Waals surface area contributed by atoms with Gasteiger partial charge >= 0.3 is 5.63 Å². The van der Waals surface area contributed by atoms with Gasteiger partial charge in [-0.15, -0.1) is 0 Å². The van der Waals surface area contributed by atoms with Crippen molar-refractivity contribution < 1.29 is 13.9 Å². The van der Waals surface area contributed by atoms with Crippen LogP contribution >= 0.6 is 0 Å². The van der Waals surface area contributed by atoms with Gasteiger partial charge in [0, 0.05) is 0 Å². The molecule has 6 heteroatoms.